The topological polar surface area (TPSA) is 69.0 Å². The number of nitrogens with one attached hydrogen (secondary N) is 1. The fraction of sp³-hybridized carbons (Fsp3) is 0.348. The first-order valence-corrected chi connectivity index (χ1v) is 11.0. The molecule has 2 aromatic carbocycles. The van der Waals surface area contributed by atoms with Crippen LogP contribution in [0.4, 0.5) is 5.69 Å². The zero-order valence-electron chi connectivity index (χ0n) is 18.1. The highest BCUT2D eigenvalue weighted by Crippen LogP contribution is 2.25. The number of hydrogen-bond donors (Lipinski definition) is 1. The van der Waals surface area contributed by atoms with Crippen LogP contribution < -0.4 is 10.1 Å². The van der Waals surface area contributed by atoms with Crippen LogP contribution in [-0.2, 0) is 18.3 Å². The lowest BCUT2D eigenvalue weighted by Gasteiger charge is -2.14. The Hall–Kier alpha value is -2.80. The SMILES string of the molecule is CCc1ccc(O[C@@H](C)c2nnc(SCC(=O)Nc3c(C)cccc3C)n2C)cc1. The number of para-hydroxylation sites is 1. The van der Waals surface area contributed by atoms with E-state index in [2.05, 4.69) is 34.6 Å². The monoisotopic (exact) mass is 424 g/mol. The molecule has 3 rings (SSSR count). The molecule has 1 N–H and O–H groups in total. The van der Waals surface area contributed by atoms with E-state index in [1.807, 2.05) is 62.7 Å². The maximum absolute atomic E-state index is 12.4. The molecule has 3 aromatic rings. The van der Waals surface area contributed by atoms with Crippen molar-refractivity contribution in [2.24, 2.45) is 7.05 Å². The molecule has 0 aliphatic carbocycles. The lowest BCUT2D eigenvalue weighted by molar-refractivity contribution is -0.113. The van der Waals surface area contributed by atoms with Gasteiger partial charge in [-0.3, -0.25) is 4.79 Å². The van der Waals surface area contributed by atoms with E-state index in [0.29, 0.717) is 11.0 Å². The van der Waals surface area contributed by atoms with Gasteiger partial charge in [-0.2, -0.15) is 0 Å². The number of aromatic nitrogens is 3. The molecule has 1 aromatic heterocycles. The summed E-state index contributed by atoms with van der Waals surface area (Å²) >= 11 is 1.36. The minimum absolute atomic E-state index is 0.0673. The van der Waals surface area contributed by atoms with Gasteiger partial charge in [0.25, 0.3) is 0 Å². The molecule has 0 unspecified atom stereocenters. The molecule has 0 saturated heterocycles. The maximum atomic E-state index is 12.4. The fourth-order valence-electron chi connectivity index (χ4n) is 3.18. The van der Waals surface area contributed by atoms with Crippen LogP contribution in [-0.4, -0.2) is 26.4 Å². The van der Waals surface area contributed by atoms with Gasteiger partial charge < -0.3 is 14.6 Å². The maximum Gasteiger partial charge on any atom is 0.234 e. The van der Waals surface area contributed by atoms with Gasteiger partial charge in [0.2, 0.25) is 5.91 Å². The number of carbonyl (C=O) groups excluding carboxylic acids is 1. The molecule has 1 heterocycles. The van der Waals surface area contributed by atoms with Crippen LogP contribution in [0, 0.1) is 13.8 Å². The van der Waals surface area contributed by atoms with Crippen LogP contribution in [0.3, 0.4) is 0 Å². The molecule has 30 heavy (non-hydrogen) atoms. The Morgan fingerprint density at radius 3 is 2.43 bits per heavy atom. The van der Waals surface area contributed by atoms with Gasteiger partial charge >= 0.3 is 0 Å². The average Bonchev–Trinajstić information content (AvgIpc) is 3.10. The number of thioether (sulfide) groups is 1. The number of hydrogen-bond acceptors (Lipinski definition) is 5. The average molecular weight is 425 g/mol. The summed E-state index contributed by atoms with van der Waals surface area (Å²) in [4.78, 5) is 12.4. The van der Waals surface area contributed by atoms with E-state index in [-0.39, 0.29) is 17.8 Å². The molecule has 1 atom stereocenters. The summed E-state index contributed by atoms with van der Waals surface area (Å²) in [5.41, 5.74) is 4.24. The normalized spacial score (nSPS) is 11.9. The molecule has 0 bridgehead atoms. The van der Waals surface area contributed by atoms with Gasteiger partial charge in [-0.05, 0) is 56.0 Å². The second-order valence-electron chi connectivity index (χ2n) is 7.26. The molecule has 7 heteroatoms. The van der Waals surface area contributed by atoms with E-state index in [1.54, 1.807) is 0 Å². The zero-order valence-corrected chi connectivity index (χ0v) is 18.9. The van der Waals surface area contributed by atoms with E-state index in [0.717, 1.165) is 29.0 Å². The first kappa shape index (κ1) is 21.9. The molecule has 0 saturated carbocycles. The molecular weight excluding hydrogens is 396 g/mol. The Morgan fingerprint density at radius 2 is 1.80 bits per heavy atom. The Labute approximate surface area is 182 Å². The molecule has 0 radical (unpaired) electrons. The smallest absolute Gasteiger partial charge is 0.234 e. The summed E-state index contributed by atoms with van der Waals surface area (Å²) in [5, 5.41) is 12.2. The van der Waals surface area contributed by atoms with Crippen molar-refractivity contribution in [2.45, 2.75) is 45.4 Å². The van der Waals surface area contributed by atoms with Crippen LogP contribution in [0.1, 0.15) is 42.5 Å². The van der Waals surface area contributed by atoms with Crippen LogP contribution in [0.2, 0.25) is 0 Å². The number of amides is 1. The van der Waals surface area contributed by atoms with Crippen molar-refractivity contribution in [3.05, 3.63) is 65.0 Å². The molecular formula is C23H28N4O2S. The Bertz CT molecular complexity index is 994. The van der Waals surface area contributed by atoms with Crippen molar-refractivity contribution < 1.29 is 9.53 Å². The minimum atomic E-state index is -0.257. The van der Waals surface area contributed by atoms with E-state index in [9.17, 15) is 4.79 Å². The molecule has 0 aliphatic heterocycles. The van der Waals surface area contributed by atoms with Gasteiger partial charge in [0.1, 0.15) is 5.75 Å². The predicted molar refractivity (Wildman–Crippen MR) is 121 cm³/mol. The van der Waals surface area contributed by atoms with Crippen molar-refractivity contribution in [1.29, 1.82) is 0 Å². The van der Waals surface area contributed by atoms with E-state index < -0.39 is 0 Å². The minimum Gasteiger partial charge on any atom is -0.483 e. The van der Waals surface area contributed by atoms with Gasteiger partial charge in [-0.15, -0.1) is 10.2 Å². The van der Waals surface area contributed by atoms with Crippen molar-refractivity contribution in [1.82, 2.24) is 14.8 Å². The first-order valence-electron chi connectivity index (χ1n) is 10.0. The third kappa shape index (κ3) is 5.21. The number of rotatable bonds is 8. The summed E-state index contributed by atoms with van der Waals surface area (Å²) in [6.45, 7) is 8.04. The van der Waals surface area contributed by atoms with E-state index in [4.69, 9.17) is 4.74 Å². The molecule has 0 spiro atoms. The standard InChI is InChI=1S/C23H28N4O2S/c1-6-18-10-12-19(13-11-18)29-17(4)22-25-26-23(27(22)5)30-14-20(28)24-21-15(2)8-7-9-16(21)3/h7-13,17H,6,14H2,1-5H3,(H,24,28)/t17-/m0/s1. The number of anilines is 1. The summed E-state index contributed by atoms with van der Waals surface area (Å²) in [6.07, 6.45) is 0.740. The third-order valence-electron chi connectivity index (χ3n) is 4.95. The highest BCUT2D eigenvalue weighted by Gasteiger charge is 2.18. The Balaban J connectivity index is 1.59. The predicted octanol–water partition coefficient (Wildman–Crippen LogP) is 4.87. The summed E-state index contributed by atoms with van der Waals surface area (Å²) in [5.74, 6) is 1.70. The lowest BCUT2D eigenvalue weighted by atomic mass is 10.1. The van der Waals surface area contributed by atoms with Gasteiger partial charge in [-0.1, -0.05) is 49.0 Å². The fourth-order valence-corrected chi connectivity index (χ4v) is 3.90. The number of aryl methyl sites for hydroxylation is 3. The van der Waals surface area contributed by atoms with Crippen LogP contribution in [0.15, 0.2) is 47.6 Å². The van der Waals surface area contributed by atoms with Crippen LogP contribution >= 0.6 is 11.8 Å². The van der Waals surface area contributed by atoms with Crippen molar-refractivity contribution >= 4 is 23.4 Å². The molecule has 1 amide bonds. The van der Waals surface area contributed by atoms with Crippen molar-refractivity contribution in [2.75, 3.05) is 11.1 Å². The largest absolute Gasteiger partial charge is 0.483 e. The lowest BCUT2D eigenvalue weighted by Crippen LogP contribution is -2.16. The van der Waals surface area contributed by atoms with Crippen LogP contribution in [0.5, 0.6) is 5.75 Å². The molecule has 158 valence electrons. The first-order chi connectivity index (χ1) is 14.4. The van der Waals surface area contributed by atoms with Crippen LogP contribution in [0.25, 0.3) is 0 Å². The van der Waals surface area contributed by atoms with Crippen molar-refractivity contribution in [3.8, 4) is 5.75 Å². The highest BCUT2D eigenvalue weighted by atomic mass is 32.2. The van der Waals surface area contributed by atoms with Gasteiger partial charge in [0.15, 0.2) is 17.1 Å². The number of ether oxygens (including phenoxy) is 1. The molecule has 0 aliphatic rings. The second-order valence-corrected chi connectivity index (χ2v) is 8.20. The van der Waals surface area contributed by atoms with Gasteiger partial charge in [0.05, 0.1) is 5.75 Å². The molecule has 0 fully saturated rings. The van der Waals surface area contributed by atoms with E-state index >= 15 is 0 Å². The third-order valence-corrected chi connectivity index (χ3v) is 5.97. The van der Waals surface area contributed by atoms with Gasteiger partial charge in [-0.25, -0.2) is 0 Å². The summed E-state index contributed by atoms with van der Waals surface area (Å²) in [7, 11) is 1.89. The highest BCUT2D eigenvalue weighted by molar-refractivity contribution is 7.99. The quantitative estimate of drug-likeness (QED) is 0.523. The Morgan fingerprint density at radius 1 is 1.13 bits per heavy atom. The summed E-state index contributed by atoms with van der Waals surface area (Å²) in [6, 6.07) is 14.0. The summed E-state index contributed by atoms with van der Waals surface area (Å²) < 4.78 is 7.89. The second kappa shape index (κ2) is 9.80. The van der Waals surface area contributed by atoms with E-state index in [1.165, 1.54) is 17.3 Å². The molecule has 6 nitrogen and oxygen atoms in total. The van der Waals surface area contributed by atoms with Crippen molar-refractivity contribution in [3.63, 3.8) is 0 Å². The number of nitrogens with zero attached hydrogens (tertiary/aromatic N) is 3. The number of carbonyl (C=O) groups is 1. The number of benzene rings is 2. The van der Waals surface area contributed by atoms with Gasteiger partial charge in [0, 0.05) is 12.7 Å². The Kier molecular flexibility index (Phi) is 7.15. The zero-order chi connectivity index (χ0) is 21.7.